The van der Waals surface area contributed by atoms with Gasteiger partial charge in [-0.05, 0) is 25.0 Å². The molecular weight excluding hydrogens is 402 g/mol. The Hall–Kier alpha value is -3.62. The molecule has 1 N–H and O–H groups in total. The van der Waals surface area contributed by atoms with Crippen molar-refractivity contribution < 1.29 is 24.0 Å². The maximum Gasteiger partial charge on any atom is 0.311 e. The van der Waals surface area contributed by atoms with E-state index < -0.39 is 11.0 Å². The van der Waals surface area contributed by atoms with E-state index in [1.165, 1.54) is 30.2 Å². The molecule has 2 rings (SSSR count). The summed E-state index contributed by atoms with van der Waals surface area (Å²) in [6.45, 7) is 4.04. The monoisotopic (exact) mass is 429 g/mol. The average Bonchev–Trinajstić information content (AvgIpc) is 2.77. The van der Waals surface area contributed by atoms with E-state index in [1.54, 1.807) is 0 Å². The van der Waals surface area contributed by atoms with Gasteiger partial charge in [0.05, 0.1) is 12.0 Å². The van der Waals surface area contributed by atoms with E-state index >= 15 is 0 Å². The van der Waals surface area contributed by atoms with Crippen LogP contribution < -0.4 is 14.8 Å². The normalized spacial score (nSPS) is 11.3. The van der Waals surface area contributed by atoms with Crippen molar-refractivity contribution in [1.29, 1.82) is 0 Å². The van der Waals surface area contributed by atoms with Crippen LogP contribution in [0.1, 0.15) is 25.8 Å². The van der Waals surface area contributed by atoms with Gasteiger partial charge in [0.25, 0.3) is 5.91 Å². The van der Waals surface area contributed by atoms with Gasteiger partial charge in [-0.25, -0.2) is 0 Å². The number of carbonyl (C=O) groups excluding carboxylic acids is 2. The van der Waals surface area contributed by atoms with Gasteiger partial charge in [-0.15, -0.1) is 0 Å². The first-order valence-electron chi connectivity index (χ1n) is 9.97. The molecular formula is C22H27N3O6. The summed E-state index contributed by atoms with van der Waals surface area (Å²) in [5, 5.41) is 13.8. The number of nitrogens with one attached hydrogen (secondary N) is 1. The lowest BCUT2D eigenvalue weighted by Gasteiger charge is -2.30. The summed E-state index contributed by atoms with van der Waals surface area (Å²) in [6.07, 6.45) is 0.440. The first-order valence-corrected chi connectivity index (χ1v) is 9.97. The number of hydrogen-bond donors (Lipinski definition) is 1. The van der Waals surface area contributed by atoms with Crippen molar-refractivity contribution in [3.8, 4) is 11.5 Å². The molecule has 166 valence electrons. The molecule has 9 nitrogen and oxygen atoms in total. The number of amides is 2. The molecule has 0 radical (unpaired) electrons. The van der Waals surface area contributed by atoms with Gasteiger partial charge in [-0.3, -0.25) is 19.7 Å². The second kappa shape index (κ2) is 11.5. The maximum atomic E-state index is 13.0. The fourth-order valence-corrected chi connectivity index (χ4v) is 3.12. The van der Waals surface area contributed by atoms with Crippen molar-refractivity contribution in [3.63, 3.8) is 0 Å². The first kappa shape index (κ1) is 23.7. The lowest BCUT2D eigenvalue weighted by Crippen LogP contribution is -2.50. The van der Waals surface area contributed by atoms with E-state index in [0.29, 0.717) is 13.0 Å². The summed E-state index contributed by atoms with van der Waals surface area (Å²) in [7, 11) is 1.32. The van der Waals surface area contributed by atoms with Crippen LogP contribution in [0, 0.1) is 10.1 Å². The summed E-state index contributed by atoms with van der Waals surface area (Å²) in [4.78, 5) is 37.5. The van der Waals surface area contributed by atoms with Gasteiger partial charge in [-0.2, -0.15) is 0 Å². The summed E-state index contributed by atoms with van der Waals surface area (Å²) in [5.74, 6) is -0.322. The number of nitrogens with zero attached hydrogens (tertiary/aromatic N) is 2. The number of ether oxygens (including phenoxy) is 2. The fraction of sp³-hybridized carbons (Fsp3) is 0.364. The SMILES string of the molecule is CCNC(=O)C(CC)N(Cc1ccccc1)C(=O)COc1ccc([N+](=O)[O-])c(OC)c1. The van der Waals surface area contributed by atoms with Gasteiger partial charge in [0, 0.05) is 25.2 Å². The Morgan fingerprint density at radius 2 is 1.87 bits per heavy atom. The molecule has 0 bridgehead atoms. The minimum Gasteiger partial charge on any atom is -0.490 e. The Morgan fingerprint density at radius 3 is 2.45 bits per heavy atom. The molecule has 0 saturated heterocycles. The van der Waals surface area contributed by atoms with Crippen LogP contribution >= 0.6 is 0 Å². The number of carbonyl (C=O) groups is 2. The zero-order valence-corrected chi connectivity index (χ0v) is 17.9. The third kappa shape index (κ3) is 6.43. The summed E-state index contributed by atoms with van der Waals surface area (Å²) in [6, 6.07) is 12.7. The van der Waals surface area contributed by atoms with Crippen molar-refractivity contribution in [1.82, 2.24) is 10.2 Å². The van der Waals surface area contributed by atoms with Crippen molar-refractivity contribution >= 4 is 17.5 Å². The zero-order chi connectivity index (χ0) is 22.8. The molecule has 0 fully saturated rings. The average molecular weight is 429 g/mol. The van der Waals surface area contributed by atoms with Gasteiger partial charge in [0.2, 0.25) is 11.7 Å². The smallest absolute Gasteiger partial charge is 0.311 e. The van der Waals surface area contributed by atoms with Gasteiger partial charge in [0.15, 0.2) is 6.61 Å². The Morgan fingerprint density at radius 1 is 1.16 bits per heavy atom. The lowest BCUT2D eigenvalue weighted by atomic mass is 10.1. The molecule has 2 aromatic carbocycles. The second-order valence-electron chi connectivity index (χ2n) is 6.71. The number of methoxy groups -OCH3 is 1. The van der Waals surface area contributed by atoms with Crippen molar-refractivity contribution in [3.05, 3.63) is 64.2 Å². The highest BCUT2D eigenvalue weighted by Crippen LogP contribution is 2.30. The zero-order valence-electron chi connectivity index (χ0n) is 17.9. The Labute approximate surface area is 181 Å². The van der Waals surface area contributed by atoms with Crippen LogP contribution in [-0.2, 0) is 16.1 Å². The quantitative estimate of drug-likeness (QED) is 0.434. The number of benzene rings is 2. The minimum atomic E-state index is -0.650. The molecule has 0 aliphatic carbocycles. The molecule has 9 heteroatoms. The van der Waals surface area contributed by atoms with Crippen LogP contribution in [0.25, 0.3) is 0 Å². The Kier molecular flexibility index (Phi) is 8.80. The third-order valence-corrected chi connectivity index (χ3v) is 4.64. The van der Waals surface area contributed by atoms with Crippen LogP contribution in [0.5, 0.6) is 11.5 Å². The molecule has 1 atom stereocenters. The fourth-order valence-electron chi connectivity index (χ4n) is 3.12. The molecule has 1 unspecified atom stereocenters. The van der Waals surface area contributed by atoms with E-state index in [2.05, 4.69) is 5.32 Å². The van der Waals surface area contributed by atoms with Gasteiger partial charge in [-0.1, -0.05) is 37.3 Å². The van der Waals surface area contributed by atoms with Crippen LogP contribution in [0.15, 0.2) is 48.5 Å². The van der Waals surface area contributed by atoms with Gasteiger partial charge in [0.1, 0.15) is 11.8 Å². The largest absolute Gasteiger partial charge is 0.490 e. The minimum absolute atomic E-state index is 0.0323. The van der Waals surface area contributed by atoms with E-state index in [0.717, 1.165) is 5.56 Å². The molecule has 2 amide bonds. The number of rotatable bonds is 11. The second-order valence-corrected chi connectivity index (χ2v) is 6.71. The van der Waals surface area contributed by atoms with E-state index in [9.17, 15) is 19.7 Å². The molecule has 31 heavy (non-hydrogen) atoms. The predicted molar refractivity (Wildman–Crippen MR) is 115 cm³/mol. The number of likely N-dealkylation sites (N-methyl/N-ethyl adjacent to an activating group) is 1. The standard InChI is InChI=1S/C22H27N3O6/c1-4-18(22(27)23-5-2)24(14-16-9-7-6-8-10-16)21(26)15-31-17-11-12-19(25(28)29)20(13-17)30-3/h6-13,18H,4-5,14-15H2,1-3H3,(H,23,27). The predicted octanol–water partition coefficient (Wildman–Crippen LogP) is 2.93. The van der Waals surface area contributed by atoms with Crippen LogP contribution in [0.4, 0.5) is 5.69 Å². The first-order chi connectivity index (χ1) is 14.9. The molecule has 0 saturated carbocycles. The Bertz CT molecular complexity index is 903. The number of nitro benzene ring substituents is 1. The van der Waals surface area contributed by atoms with E-state index in [-0.39, 0.29) is 42.2 Å². The topological polar surface area (TPSA) is 111 Å². The van der Waals surface area contributed by atoms with Crippen LogP contribution in [-0.4, -0.2) is 47.9 Å². The van der Waals surface area contributed by atoms with Crippen LogP contribution in [0.2, 0.25) is 0 Å². The highest BCUT2D eigenvalue weighted by molar-refractivity contribution is 5.88. The molecule has 0 aliphatic heterocycles. The van der Waals surface area contributed by atoms with Crippen molar-refractivity contribution in [2.45, 2.75) is 32.9 Å². The molecule has 0 heterocycles. The molecule has 2 aromatic rings. The van der Waals surface area contributed by atoms with E-state index in [1.807, 2.05) is 44.2 Å². The van der Waals surface area contributed by atoms with Crippen LogP contribution in [0.3, 0.4) is 0 Å². The maximum absolute atomic E-state index is 13.0. The highest BCUT2D eigenvalue weighted by Gasteiger charge is 2.28. The summed E-state index contributed by atoms with van der Waals surface area (Å²) >= 11 is 0. The van der Waals surface area contributed by atoms with Gasteiger partial charge < -0.3 is 19.7 Å². The molecule has 0 aromatic heterocycles. The van der Waals surface area contributed by atoms with Gasteiger partial charge >= 0.3 is 5.69 Å². The number of hydrogen-bond acceptors (Lipinski definition) is 6. The van der Waals surface area contributed by atoms with E-state index in [4.69, 9.17) is 9.47 Å². The van der Waals surface area contributed by atoms with Crippen molar-refractivity contribution in [2.24, 2.45) is 0 Å². The summed E-state index contributed by atoms with van der Waals surface area (Å²) in [5.41, 5.74) is 0.685. The Balaban J connectivity index is 2.20. The third-order valence-electron chi connectivity index (χ3n) is 4.64. The summed E-state index contributed by atoms with van der Waals surface area (Å²) < 4.78 is 10.6. The highest BCUT2D eigenvalue weighted by atomic mass is 16.6. The van der Waals surface area contributed by atoms with Crippen molar-refractivity contribution in [2.75, 3.05) is 20.3 Å². The molecule has 0 spiro atoms. The number of nitro groups is 1. The molecule has 0 aliphatic rings. The lowest BCUT2D eigenvalue weighted by molar-refractivity contribution is -0.385.